The molecule has 0 amide bonds. The molecule has 0 radical (unpaired) electrons. The second-order valence-electron chi connectivity index (χ2n) is 3.20. The summed E-state index contributed by atoms with van der Waals surface area (Å²) in [5.74, 6) is 0.00531. The van der Waals surface area contributed by atoms with Crippen LogP contribution < -0.4 is 0 Å². The molecular weight excluding hydrogens is 213 g/mol. The average Bonchev–Trinajstić information content (AvgIpc) is 2.67. The third kappa shape index (κ3) is 1.79. The molecule has 0 aliphatic heterocycles. The first-order chi connectivity index (χ1) is 7.72. The summed E-state index contributed by atoms with van der Waals surface area (Å²) < 4.78 is 14.2. The number of hydrogen-bond acceptors (Lipinski definition) is 5. The van der Waals surface area contributed by atoms with E-state index in [-0.39, 0.29) is 0 Å². The Morgan fingerprint density at radius 1 is 1.50 bits per heavy atom. The lowest BCUT2D eigenvalue weighted by molar-refractivity contribution is 0.506. The fourth-order valence-corrected chi connectivity index (χ4v) is 1.38. The van der Waals surface area contributed by atoms with Crippen LogP contribution in [0.5, 0.6) is 0 Å². The van der Waals surface area contributed by atoms with Gasteiger partial charge in [-0.05, 0) is 34.7 Å². The first-order valence-electron chi connectivity index (χ1n) is 4.55. The molecular formula is C9H8FN5O. The summed E-state index contributed by atoms with van der Waals surface area (Å²) in [6, 6.07) is 5.61. The smallest absolute Gasteiger partial charge is 0.207 e. The van der Waals surface area contributed by atoms with Gasteiger partial charge in [0, 0.05) is 5.56 Å². The maximum absolute atomic E-state index is 13.0. The summed E-state index contributed by atoms with van der Waals surface area (Å²) in [6.45, 7) is 1.64. The maximum atomic E-state index is 13.0. The Kier molecular flexibility index (Phi) is 2.67. The Hall–Kier alpha value is -2.18. The van der Waals surface area contributed by atoms with E-state index in [4.69, 9.17) is 0 Å². The van der Waals surface area contributed by atoms with E-state index in [1.807, 2.05) is 0 Å². The number of nitrogens with zero attached hydrogens (tertiary/aromatic N) is 5. The highest BCUT2D eigenvalue weighted by molar-refractivity contribution is 5.20. The molecule has 2 rings (SSSR count). The molecule has 0 N–H and O–H groups in total. The first-order valence-corrected chi connectivity index (χ1v) is 4.55. The van der Waals surface area contributed by atoms with Gasteiger partial charge in [-0.3, -0.25) is 0 Å². The molecule has 1 aromatic heterocycles. The van der Waals surface area contributed by atoms with Gasteiger partial charge >= 0.3 is 0 Å². The summed E-state index contributed by atoms with van der Waals surface area (Å²) in [4.78, 5) is 10.8. The Morgan fingerprint density at radius 2 is 2.31 bits per heavy atom. The molecule has 0 saturated carbocycles. The number of aryl methyl sites for hydroxylation is 1. The van der Waals surface area contributed by atoms with Crippen LogP contribution in [0.1, 0.15) is 17.6 Å². The van der Waals surface area contributed by atoms with Crippen LogP contribution >= 0.6 is 0 Å². The highest BCUT2D eigenvalue weighted by atomic mass is 19.1. The molecule has 0 saturated heterocycles. The third-order valence-corrected chi connectivity index (χ3v) is 2.14. The SMILES string of the molecule is Cc1nnnn1C(N=O)c1cccc(F)c1. The Morgan fingerprint density at radius 3 is 2.88 bits per heavy atom. The quantitative estimate of drug-likeness (QED) is 0.735. The zero-order valence-corrected chi connectivity index (χ0v) is 8.41. The van der Waals surface area contributed by atoms with Gasteiger partial charge in [-0.2, -0.15) is 4.68 Å². The zero-order valence-electron chi connectivity index (χ0n) is 8.41. The molecule has 82 valence electrons. The van der Waals surface area contributed by atoms with Crippen molar-refractivity contribution in [2.45, 2.75) is 13.1 Å². The summed E-state index contributed by atoms with van der Waals surface area (Å²) in [7, 11) is 0. The van der Waals surface area contributed by atoms with E-state index in [2.05, 4.69) is 20.7 Å². The topological polar surface area (TPSA) is 73.0 Å². The lowest BCUT2D eigenvalue weighted by atomic mass is 10.2. The number of halogens is 1. The van der Waals surface area contributed by atoms with Crippen LogP contribution in [0.25, 0.3) is 0 Å². The van der Waals surface area contributed by atoms with Crippen LogP contribution in [0.15, 0.2) is 29.4 Å². The van der Waals surface area contributed by atoms with Crippen LogP contribution in [-0.2, 0) is 0 Å². The number of hydrogen-bond donors (Lipinski definition) is 0. The largest absolute Gasteiger partial charge is 0.212 e. The fourth-order valence-electron chi connectivity index (χ4n) is 1.38. The standard InChI is InChI=1S/C9H8FN5O/c1-6-11-13-14-15(6)9(12-16)7-3-2-4-8(10)5-7/h2-5,9H,1H3. The molecule has 7 heteroatoms. The van der Waals surface area contributed by atoms with Crippen molar-refractivity contribution >= 4 is 0 Å². The van der Waals surface area contributed by atoms with Gasteiger partial charge in [0.1, 0.15) is 5.82 Å². The van der Waals surface area contributed by atoms with Gasteiger partial charge < -0.3 is 0 Å². The van der Waals surface area contributed by atoms with Crippen molar-refractivity contribution in [3.8, 4) is 0 Å². The van der Waals surface area contributed by atoms with Crippen molar-refractivity contribution in [1.29, 1.82) is 0 Å². The zero-order chi connectivity index (χ0) is 11.5. The molecule has 1 atom stereocenters. The van der Waals surface area contributed by atoms with E-state index in [1.54, 1.807) is 13.0 Å². The predicted octanol–water partition coefficient (Wildman–Crippen LogP) is 1.43. The van der Waals surface area contributed by atoms with Gasteiger partial charge in [-0.1, -0.05) is 12.1 Å². The van der Waals surface area contributed by atoms with Crippen molar-refractivity contribution in [3.05, 3.63) is 46.4 Å². The molecule has 16 heavy (non-hydrogen) atoms. The van der Waals surface area contributed by atoms with Gasteiger partial charge in [0.05, 0.1) is 0 Å². The maximum Gasteiger partial charge on any atom is 0.212 e. The van der Waals surface area contributed by atoms with Crippen molar-refractivity contribution in [3.63, 3.8) is 0 Å². The number of aromatic nitrogens is 4. The number of rotatable bonds is 3. The monoisotopic (exact) mass is 221 g/mol. The van der Waals surface area contributed by atoms with Gasteiger partial charge in [0.2, 0.25) is 6.17 Å². The van der Waals surface area contributed by atoms with Crippen LogP contribution in [0.4, 0.5) is 4.39 Å². The number of nitroso groups, excluding NO2 is 1. The Labute approximate surface area is 90.1 Å². The van der Waals surface area contributed by atoms with Crippen molar-refractivity contribution < 1.29 is 4.39 Å². The van der Waals surface area contributed by atoms with E-state index in [9.17, 15) is 9.30 Å². The highest BCUT2D eigenvalue weighted by Crippen LogP contribution is 2.19. The van der Waals surface area contributed by atoms with Crippen LogP contribution in [-0.4, -0.2) is 20.2 Å². The third-order valence-electron chi connectivity index (χ3n) is 2.14. The minimum absolute atomic E-state index is 0.408. The molecule has 2 aromatic rings. The van der Waals surface area contributed by atoms with Gasteiger partial charge in [-0.15, -0.1) is 10.0 Å². The van der Waals surface area contributed by atoms with E-state index < -0.39 is 12.0 Å². The van der Waals surface area contributed by atoms with Crippen molar-refractivity contribution in [2.24, 2.45) is 5.18 Å². The van der Waals surface area contributed by atoms with Crippen LogP contribution in [0, 0.1) is 17.6 Å². The fraction of sp³-hybridized carbons (Fsp3) is 0.222. The van der Waals surface area contributed by atoms with Gasteiger partial charge in [-0.25, -0.2) is 4.39 Å². The van der Waals surface area contributed by atoms with E-state index in [0.717, 1.165) is 0 Å². The normalized spacial score (nSPS) is 12.4. The van der Waals surface area contributed by atoms with Gasteiger partial charge in [0.25, 0.3) is 0 Å². The summed E-state index contributed by atoms with van der Waals surface area (Å²) >= 11 is 0. The lowest BCUT2D eigenvalue weighted by Gasteiger charge is -2.09. The number of tetrazole rings is 1. The minimum atomic E-state index is -0.939. The molecule has 0 spiro atoms. The Balaban J connectivity index is 2.44. The van der Waals surface area contributed by atoms with E-state index >= 15 is 0 Å². The summed E-state index contributed by atoms with van der Waals surface area (Å²) in [6.07, 6.45) is -0.939. The number of benzene rings is 1. The molecule has 1 unspecified atom stereocenters. The minimum Gasteiger partial charge on any atom is -0.207 e. The highest BCUT2D eigenvalue weighted by Gasteiger charge is 2.18. The van der Waals surface area contributed by atoms with Gasteiger partial charge in [0.15, 0.2) is 5.82 Å². The summed E-state index contributed by atoms with van der Waals surface area (Å²) in [5, 5.41) is 13.6. The van der Waals surface area contributed by atoms with Crippen molar-refractivity contribution in [2.75, 3.05) is 0 Å². The molecule has 0 aliphatic rings. The summed E-state index contributed by atoms with van der Waals surface area (Å²) in [5.41, 5.74) is 0.408. The van der Waals surface area contributed by atoms with E-state index in [0.29, 0.717) is 11.4 Å². The molecule has 1 heterocycles. The molecule has 0 fully saturated rings. The predicted molar refractivity (Wildman–Crippen MR) is 52.9 cm³/mol. The second-order valence-corrected chi connectivity index (χ2v) is 3.20. The van der Waals surface area contributed by atoms with Crippen LogP contribution in [0.2, 0.25) is 0 Å². The molecule has 0 aliphatic carbocycles. The van der Waals surface area contributed by atoms with Crippen molar-refractivity contribution in [1.82, 2.24) is 20.2 Å². The lowest BCUT2D eigenvalue weighted by Crippen LogP contribution is -2.11. The molecule has 1 aromatic carbocycles. The van der Waals surface area contributed by atoms with Crippen LogP contribution in [0.3, 0.4) is 0 Å². The first kappa shape index (κ1) is 10.3. The second kappa shape index (κ2) is 4.13. The average molecular weight is 221 g/mol. The molecule has 0 bridgehead atoms. The van der Waals surface area contributed by atoms with E-state index in [1.165, 1.54) is 22.9 Å². The molecule has 6 nitrogen and oxygen atoms in total. The Bertz CT molecular complexity index is 512.